The molecule has 2 aliphatic rings. The number of rotatable bonds is 6. The third-order valence-corrected chi connectivity index (χ3v) is 7.48. The number of anilines is 2. The Morgan fingerprint density at radius 3 is 2.45 bits per heavy atom. The van der Waals surface area contributed by atoms with E-state index in [1.165, 1.54) is 0 Å². The van der Waals surface area contributed by atoms with Crippen molar-refractivity contribution in [3.63, 3.8) is 0 Å². The summed E-state index contributed by atoms with van der Waals surface area (Å²) in [6.45, 7) is 7.57. The highest BCUT2D eigenvalue weighted by Crippen LogP contribution is 2.34. The molecule has 0 aliphatic carbocycles. The van der Waals surface area contributed by atoms with Gasteiger partial charge in [-0.15, -0.1) is 0 Å². The number of urea groups is 1. The Morgan fingerprint density at radius 1 is 1.05 bits per heavy atom. The van der Waals surface area contributed by atoms with Crippen molar-refractivity contribution in [2.45, 2.75) is 58.3 Å². The maximum atomic E-state index is 14.2. The molecule has 230 valence electrons. The average Bonchev–Trinajstić information content (AvgIpc) is 3.42. The Bertz CT molecular complexity index is 1220. The number of nitrogens with one attached hydrogen (secondary N) is 2. The fraction of sp³-hybridized carbons (Fsp3) is 0.548. The first-order valence-electron chi connectivity index (χ1n) is 14.6. The highest BCUT2D eigenvalue weighted by molar-refractivity contribution is 6.02. The fourth-order valence-corrected chi connectivity index (χ4v) is 5.09. The number of aliphatic hydroxyl groups excluding tert-OH is 1. The van der Waals surface area contributed by atoms with Gasteiger partial charge in [-0.25, -0.2) is 4.79 Å². The van der Waals surface area contributed by atoms with E-state index in [-0.39, 0.29) is 37.4 Å². The van der Waals surface area contributed by atoms with Crippen molar-refractivity contribution >= 4 is 23.3 Å². The fourth-order valence-electron chi connectivity index (χ4n) is 5.09. The molecule has 2 aromatic carbocycles. The quantitative estimate of drug-likeness (QED) is 0.457. The van der Waals surface area contributed by atoms with Crippen molar-refractivity contribution in [3.05, 3.63) is 42.0 Å². The second kappa shape index (κ2) is 14.6. The van der Waals surface area contributed by atoms with Gasteiger partial charge in [-0.2, -0.15) is 0 Å². The van der Waals surface area contributed by atoms with Crippen LogP contribution in [0, 0.1) is 5.92 Å². The molecule has 0 aromatic heterocycles. The van der Waals surface area contributed by atoms with Gasteiger partial charge in [0.1, 0.15) is 5.75 Å². The predicted molar refractivity (Wildman–Crippen MR) is 161 cm³/mol. The van der Waals surface area contributed by atoms with Gasteiger partial charge in [0.25, 0.3) is 5.91 Å². The van der Waals surface area contributed by atoms with E-state index in [1.807, 2.05) is 27.9 Å². The zero-order chi connectivity index (χ0) is 30.2. The predicted octanol–water partition coefficient (Wildman–Crippen LogP) is 4.42. The number of carbonyl (C=O) groups excluding carboxylic acids is 2. The minimum atomic E-state index is -0.477. The first-order valence-corrected chi connectivity index (χ1v) is 14.6. The van der Waals surface area contributed by atoms with E-state index in [2.05, 4.69) is 22.5 Å². The highest BCUT2D eigenvalue weighted by Gasteiger charge is 2.30. The summed E-state index contributed by atoms with van der Waals surface area (Å²) < 4.78 is 23.3. The lowest BCUT2D eigenvalue weighted by atomic mass is 10.0. The molecule has 3 amide bonds. The van der Waals surface area contributed by atoms with Crippen LogP contribution >= 0.6 is 0 Å². The third kappa shape index (κ3) is 8.27. The number of benzene rings is 2. The molecule has 42 heavy (non-hydrogen) atoms. The normalized spacial score (nSPS) is 22.1. The highest BCUT2D eigenvalue weighted by atomic mass is 16.7. The van der Waals surface area contributed by atoms with Crippen molar-refractivity contribution < 1.29 is 33.6 Å². The Balaban J connectivity index is 1.60. The molecule has 11 nitrogen and oxygen atoms in total. The zero-order valence-corrected chi connectivity index (χ0v) is 25.2. The van der Waals surface area contributed by atoms with Crippen LogP contribution in [-0.4, -0.2) is 92.3 Å². The van der Waals surface area contributed by atoms with Crippen molar-refractivity contribution in [2.75, 3.05) is 57.8 Å². The summed E-state index contributed by atoms with van der Waals surface area (Å²) in [4.78, 5) is 30.8. The van der Waals surface area contributed by atoms with Gasteiger partial charge in [0.05, 0.1) is 30.4 Å². The van der Waals surface area contributed by atoms with E-state index in [0.29, 0.717) is 47.3 Å². The third-order valence-electron chi connectivity index (χ3n) is 7.48. The number of aliphatic hydroxyl groups is 1. The van der Waals surface area contributed by atoms with Gasteiger partial charge >= 0.3 is 6.03 Å². The van der Waals surface area contributed by atoms with Gasteiger partial charge in [0.2, 0.25) is 6.79 Å². The Kier molecular flexibility index (Phi) is 10.9. The summed E-state index contributed by atoms with van der Waals surface area (Å²) in [7, 11) is 4.01. The number of hydrogen-bond acceptors (Lipinski definition) is 8. The molecule has 0 bridgehead atoms. The van der Waals surface area contributed by atoms with Crippen molar-refractivity contribution in [3.8, 4) is 17.2 Å². The molecular formula is C31H44N4O7. The van der Waals surface area contributed by atoms with Crippen LogP contribution < -0.4 is 24.8 Å². The minimum Gasteiger partial charge on any atom is -0.490 e. The van der Waals surface area contributed by atoms with Crippen LogP contribution in [0.2, 0.25) is 0 Å². The van der Waals surface area contributed by atoms with E-state index >= 15 is 0 Å². The minimum absolute atomic E-state index is 0.00497. The molecule has 4 rings (SSSR count). The summed E-state index contributed by atoms with van der Waals surface area (Å²) in [6, 6.07) is 9.28. The van der Waals surface area contributed by atoms with Crippen molar-refractivity contribution in [1.29, 1.82) is 0 Å². The topological polar surface area (TPSA) is 122 Å². The summed E-state index contributed by atoms with van der Waals surface area (Å²) >= 11 is 0. The first-order chi connectivity index (χ1) is 20.1. The van der Waals surface area contributed by atoms with E-state index < -0.39 is 12.1 Å². The van der Waals surface area contributed by atoms with Gasteiger partial charge in [0.15, 0.2) is 11.5 Å². The second-order valence-electron chi connectivity index (χ2n) is 11.4. The molecule has 2 heterocycles. The van der Waals surface area contributed by atoms with Crippen LogP contribution in [0.3, 0.4) is 0 Å². The van der Waals surface area contributed by atoms with Crippen LogP contribution in [0.1, 0.15) is 50.4 Å². The molecule has 0 saturated carbocycles. The van der Waals surface area contributed by atoms with Crippen molar-refractivity contribution in [1.82, 2.24) is 9.80 Å². The number of carbonyl (C=O) groups is 2. The molecular weight excluding hydrogens is 540 g/mol. The van der Waals surface area contributed by atoms with Gasteiger partial charge in [-0.3, -0.25) is 4.79 Å². The van der Waals surface area contributed by atoms with Crippen LogP contribution in [-0.2, 0) is 4.74 Å². The Morgan fingerprint density at radius 2 is 1.74 bits per heavy atom. The Hall–Kier alpha value is -3.54. The molecule has 2 aliphatic heterocycles. The number of nitrogens with zero attached hydrogens (tertiary/aromatic N) is 2. The SMILES string of the molecule is C[C@@H]1CCCCO[C@H](CN(C)C)[C@H](C)CN([C@@H](C)CO)C(=O)c2cc(NC(=O)Nc3ccc4c(c3)OCO4)ccc2O1. The number of hydrogen-bond donors (Lipinski definition) is 3. The van der Waals surface area contributed by atoms with Crippen molar-refractivity contribution in [2.24, 2.45) is 5.92 Å². The smallest absolute Gasteiger partial charge is 0.323 e. The number of likely N-dealkylation sites (N-methyl/N-ethyl adjacent to an activating group) is 1. The summed E-state index contributed by atoms with van der Waals surface area (Å²) in [5, 5.41) is 15.7. The molecule has 3 N–H and O–H groups in total. The molecule has 4 atom stereocenters. The molecule has 0 radical (unpaired) electrons. The standard InChI is InChI=1S/C31H44N4O7/c1-20-16-35(21(2)18-36)30(37)25-14-23(32-31(38)33-24-10-12-27-28(15-24)41-19-40-27)9-11-26(25)42-22(3)8-6-7-13-39-29(20)17-34(4)5/h9-12,14-15,20-22,29,36H,6-8,13,16-19H2,1-5H3,(H2,32,33,38)/t20-,21+,22-,29-/m1/s1. The van der Waals surface area contributed by atoms with Crippen LogP contribution in [0.15, 0.2) is 36.4 Å². The molecule has 0 unspecified atom stereocenters. The largest absolute Gasteiger partial charge is 0.490 e. The Labute approximate surface area is 248 Å². The van der Waals surface area contributed by atoms with Crippen LogP contribution in [0.5, 0.6) is 17.2 Å². The molecule has 11 heteroatoms. The molecule has 0 spiro atoms. The van der Waals surface area contributed by atoms with E-state index in [0.717, 1.165) is 25.8 Å². The first kappa shape index (κ1) is 31.4. The van der Waals surface area contributed by atoms with E-state index in [4.69, 9.17) is 18.9 Å². The monoisotopic (exact) mass is 584 g/mol. The van der Waals surface area contributed by atoms with Gasteiger partial charge in [-0.1, -0.05) is 6.92 Å². The van der Waals surface area contributed by atoms with Gasteiger partial charge in [0, 0.05) is 43.1 Å². The lowest BCUT2D eigenvalue weighted by molar-refractivity contribution is -0.0137. The maximum absolute atomic E-state index is 14.2. The zero-order valence-electron chi connectivity index (χ0n) is 25.2. The number of amides is 3. The maximum Gasteiger partial charge on any atom is 0.323 e. The molecule has 0 fully saturated rings. The lowest BCUT2D eigenvalue weighted by Gasteiger charge is -2.35. The number of ether oxygens (including phenoxy) is 4. The second-order valence-corrected chi connectivity index (χ2v) is 11.4. The summed E-state index contributed by atoms with van der Waals surface area (Å²) in [5.74, 6) is 1.34. The van der Waals surface area contributed by atoms with Gasteiger partial charge < -0.3 is 44.5 Å². The van der Waals surface area contributed by atoms with Crippen LogP contribution in [0.25, 0.3) is 0 Å². The van der Waals surface area contributed by atoms with E-state index in [1.54, 1.807) is 41.3 Å². The summed E-state index contributed by atoms with van der Waals surface area (Å²) in [6.07, 6.45) is 2.44. The summed E-state index contributed by atoms with van der Waals surface area (Å²) in [5.41, 5.74) is 1.28. The molecule has 0 saturated heterocycles. The van der Waals surface area contributed by atoms with E-state index in [9.17, 15) is 14.7 Å². The van der Waals surface area contributed by atoms with Gasteiger partial charge in [-0.05, 0) is 77.5 Å². The lowest BCUT2D eigenvalue weighted by Crippen LogP contribution is -2.47. The number of fused-ring (bicyclic) bond motifs is 2. The van der Waals surface area contributed by atoms with Crippen LogP contribution in [0.4, 0.5) is 16.2 Å². The molecule has 2 aromatic rings. The average molecular weight is 585 g/mol.